The van der Waals surface area contributed by atoms with Crippen LogP contribution >= 0.6 is 0 Å². The van der Waals surface area contributed by atoms with Crippen molar-refractivity contribution >= 4 is 0 Å². The number of hydrogen-bond acceptors (Lipinski definition) is 3. The van der Waals surface area contributed by atoms with Crippen LogP contribution in [0.4, 0.5) is 13.2 Å². The summed E-state index contributed by atoms with van der Waals surface area (Å²) >= 11 is 0. The molecule has 0 aromatic heterocycles. The minimum absolute atomic E-state index is 0.233. The molecule has 118 valence electrons. The molecule has 1 N–H and O–H groups in total. The summed E-state index contributed by atoms with van der Waals surface area (Å²) < 4.78 is 49.3. The molecule has 0 bridgehead atoms. The third-order valence-electron chi connectivity index (χ3n) is 3.56. The van der Waals surface area contributed by atoms with E-state index in [1.807, 2.05) is 6.92 Å². The van der Waals surface area contributed by atoms with Crippen LogP contribution in [0.15, 0.2) is 24.3 Å². The maximum Gasteiger partial charge on any atom is 0.416 e. The van der Waals surface area contributed by atoms with E-state index in [2.05, 4.69) is 5.32 Å². The van der Waals surface area contributed by atoms with Gasteiger partial charge in [0.1, 0.15) is 11.9 Å². The highest BCUT2D eigenvalue weighted by Gasteiger charge is 2.31. The highest BCUT2D eigenvalue weighted by molar-refractivity contribution is 5.30. The molecule has 0 radical (unpaired) electrons. The van der Waals surface area contributed by atoms with Crippen LogP contribution in [0.5, 0.6) is 5.75 Å². The summed E-state index contributed by atoms with van der Waals surface area (Å²) in [5.74, 6) is 0.493. The van der Waals surface area contributed by atoms with E-state index in [1.54, 1.807) is 6.07 Å². The molecule has 6 heteroatoms. The number of alkyl halides is 3. The molecule has 1 aromatic rings. The number of ether oxygens (including phenoxy) is 2. The van der Waals surface area contributed by atoms with E-state index in [-0.39, 0.29) is 17.8 Å². The van der Waals surface area contributed by atoms with Gasteiger partial charge in [-0.25, -0.2) is 0 Å². The first-order valence-corrected chi connectivity index (χ1v) is 7.13. The quantitative estimate of drug-likeness (QED) is 0.876. The van der Waals surface area contributed by atoms with Crippen LogP contribution in [0.3, 0.4) is 0 Å². The Morgan fingerprint density at radius 1 is 1.38 bits per heavy atom. The van der Waals surface area contributed by atoms with E-state index >= 15 is 0 Å². The maximum absolute atomic E-state index is 12.7. The molecular weight excluding hydrogens is 283 g/mol. The van der Waals surface area contributed by atoms with Crippen LogP contribution < -0.4 is 10.1 Å². The van der Waals surface area contributed by atoms with Crippen molar-refractivity contribution in [3.63, 3.8) is 0 Å². The average molecular weight is 303 g/mol. The van der Waals surface area contributed by atoms with Gasteiger partial charge in [-0.1, -0.05) is 6.07 Å². The molecule has 1 fully saturated rings. The van der Waals surface area contributed by atoms with Gasteiger partial charge in [0.25, 0.3) is 0 Å². The van der Waals surface area contributed by atoms with Gasteiger partial charge in [0.05, 0.1) is 12.2 Å². The second-order valence-electron chi connectivity index (χ2n) is 5.09. The predicted octanol–water partition coefficient (Wildman–Crippen LogP) is 3.10. The van der Waals surface area contributed by atoms with E-state index in [9.17, 15) is 13.2 Å². The number of benzene rings is 1. The lowest BCUT2D eigenvalue weighted by Crippen LogP contribution is -2.33. The smallest absolute Gasteiger partial charge is 0.416 e. The van der Waals surface area contributed by atoms with E-state index in [0.29, 0.717) is 13.2 Å². The molecule has 0 unspecified atom stereocenters. The predicted molar refractivity (Wildman–Crippen MR) is 73.3 cm³/mol. The van der Waals surface area contributed by atoms with Crippen molar-refractivity contribution in [2.24, 2.45) is 5.92 Å². The van der Waals surface area contributed by atoms with Crippen molar-refractivity contribution in [3.8, 4) is 5.75 Å². The fraction of sp³-hybridized carbons (Fsp3) is 0.600. The van der Waals surface area contributed by atoms with Gasteiger partial charge in [0.2, 0.25) is 0 Å². The van der Waals surface area contributed by atoms with Crippen molar-refractivity contribution in [2.45, 2.75) is 25.6 Å². The monoisotopic (exact) mass is 303 g/mol. The van der Waals surface area contributed by atoms with Crippen molar-refractivity contribution in [2.75, 3.05) is 26.3 Å². The van der Waals surface area contributed by atoms with Crippen LogP contribution in [-0.4, -0.2) is 32.4 Å². The minimum atomic E-state index is -4.36. The molecule has 1 aromatic carbocycles. The summed E-state index contributed by atoms with van der Waals surface area (Å²) in [5.41, 5.74) is -0.695. The van der Waals surface area contributed by atoms with E-state index in [4.69, 9.17) is 9.47 Å². The summed E-state index contributed by atoms with van der Waals surface area (Å²) in [5, 5.41) is 3.24. The fourth-order valence-corrected chi connectivity index (χ4v) is 2.42. The number of hydrogen-bond donors (Lipinski definition) is 1. The molecule has 1 aliphatic rings. The van der Waals surface area contributed by atoms with E-state index < -0.39 is 11.7 Å². The molecule has 1 aliphatic heterocycles. The number of nitrogens with one attached hydrogen (secondary N) is 1. The SMILES string of the molecule is CCOC[C@@H](Oc1cccc(C(F)(F)F)c1)[C@H]1CCNC1. The molecule has 1 heterocycles. The van der Waals surface area contributed by atoms with Gasteiger partial charge in [0.15, 0.2) is 0 Å². The second-order valence-corrected chi connectivity index (χ2v) is 5.09. The van der Waals surface area contributed by atoms with Crippen molar-refractivity contribution in [1.82, 2.24) is 5.32 Å². The van der Waals surface area contributed by atoms with Gasteiger partial charge in [-0.2, -0.15) is 13.2 Å². The van der Waals surface area contributed by atoms with Crippen molar-refractivity contribution in [1.29, 1.82) is 0 Å². The summed E-state index contributed by atoms with van der Waals surface area (Å²) in [6, 6.07) is 5.00. The molecule has 0 spiro atoms. The summed E-state index contributed by atoms with van der Waals surface area (Å²) in [6.45, 7) is 4.53. The van der Waals surface area contributed by atoms with Gasteiger partial charge in [-0.05, 0) is 38.1 Å². The fourth-order valence-electron chi connectivity index (χ4n) is 2.42. The van der Waals surface area contributed by atoms with Crippen molar-refractivity contribution < 1.29 is 22.6 Å². The molecule has 2 rings (SSSR count). The largest absolute Gasteiger partial charge is 0.488 e. The minimum Gasteiger partial charge on any atom is -0.488 e. The first-order chi connectivity index (χ1) is 10.0. The van der Waals surface area contributed by atoms with Crippen LogP contribution in [0.1, 0.15) is 18.9 Å². The third kappa shape index (κ3) is 4.61. The lowest BCUT2D eigenvalue weighted by molar-refractivity contribution is -0.137. The van der Waals surface area contributed by atoms with Crippen LogP contribution in [0, 0.1) is 5.92 Å². The van der Waals surface area contributed by atoms with Gasteiger partial charge in [-0.15, -0.1) is 0 Å². The number of rotatable bonds is 6. The standard InChI is InChI=1S/C15H20F3NO2/c1-2-20-10-14(11-6-7-19-9-11)21-13-5-3-4-12(8-13)15(16,17)18/h3-5,8,11,14,19H,2,6-7,9-10H2,1H3/t11-,14+/m0/s1. The Labute approximate surface area is 122 Å². The Morgan fingerprint density at radius 3 is 2.81 bits per heavy atom. The zero-order valence-corrected chi connectivity index (χ0v) is 12.0. The zero-order chi connectivity index (χ0) is 15.3. The highest BCUT2D eigenvalue weighted by Crippen LogP contribution is 2.32. The molecular formula is C15H20F3NO2. The summed E-state index contributed by atoms with van der Waals surface area (Å²) in [6.07, 6.45) is -3.65. The topological polar surface area (TPSA) is 30.5 Å². The number of halogens is 3. The molecule has 21 heavy (non-hydrogen) atoms. The molecule has 0 amide bonds. The Balaban J connectivity index is 2.08. The molecule has 1 saturated heterocycles. The lowest BCUT2D eigenvalue weighted by Gasteiger charge is -2.24. The van der Waals surface area contributed by atoms with Crippen LogP contribution in [-0.2, 0) is 10.9 Å². The second kappa shape index (κ2) is 7.13. The molecule has 2 atom stereocenters. The van der Waals surface area contributed by atoms with Gasteiger partial charge >= 0.3 is 6.18 Å². The lowest BCUT2D eigenvalue weighted by atomic mass is 10.0. The van der Waals surface area contributed by atoms with Gasteiger partial charge in [-0.3, -0.25) is 0 Å². The van der Waals surface area contributed by atoms with Crippen LogP contribution in [0.25, 0.3) is 0 Å². The highest BCUT2D eigenvalue weighted by atomic mass is 19.4. The Hall–Kier alpha value is -1.27. The Kier molecular flexibility index (Phi) is 5.47. The third-order valence-corrected chi connectivity index (χ3v) is 3.56. The molecule has 3 nitrogen and oxygen atoms in total. The molecule has 0 saturated carbocycles. The first kappa shape index (κ1) is 16.1. The van der Waals surface area contributed by atoms with E-state index in [0.717, 1.165) is 31.6 Å². The Bertz CT molecular complexity index is 445. The maximum atomic E-state index is 12.7. The zero-order valence-electron chi connectivity index (χ0n) is 12.0. The first-order valence-electron chi connectivity index (χ1n) is 7.13. The average Bonchev–Trinajstić information content (AvgIpc) is 2.97. The van der Waals surface area contributed by atoms with Gasteiger partial charge in [0, 0.05) is 19.1 Å². The van der Waals surface area contributed by atoms with Crippen LogP contribution in [0.2, 0.25) is 0 Å². The van der Waals surface area contributed by atoms with Crippen molar-refractivity contribution in [3.05, 3.63) is 29.8 Å². The summed E-state index contributed by atoms with van der Waals surface area (Å²) in [4.78, 5) is 0. The van der Waals surface area contributed by atoms with Gasteiger partial charge < -0.3 is 14.8 Å². The molecule has 0 aliphatic carbocycles. The normalized spacial score (nSPS) is 20.5. The van der Waals surface area contributed by atoms with E-state index in [1.165, 1.54) is 6.07 Å². The Morgan fingerprint density at radius 2 is 2.19 bits per heavy atom. The summed E-state index contributed by atoms with van der Waals surface area (Å²) in [7, 11) is 0.